The first-order valence-electron chi connectivity index (χ1n) is 6.92. The summed E-state index contributed by atoms with van der Waals surface area (Å²) in [5.74, 6) is 0.935. The molecule has 0 spiro atoms. The molecule has 114 valence electrons. The van der Waals surface area contributed by atoms with Gasteiger partial charge in [0.15, 0.2) is 0 Å². The van der Waals surface area contributed by atoms with Gasteiger partial charge in [0.1, 0.15) is 11.4 Å². The Morgan fingerprint density at radius 1 is 1.27 bits per heavy atom. The molecule has 0 radical (unpaired) electrons. The van der Waals surface area contributed by atoms with E-state index in [4.69, 9.17) is 4.42 Å². The maximum absolute atomic E-state index is 10.4. The number of rotatable bonds is 5. The number of anilines is 1. The molecule has 3 aromatic rings. The molecule has 3 rings (SSSR count). The average molecular weight is 299 g/mol. The van der Waals surface area contributed by atoms with Gasteiger partial charge >= 0.3 is 0 Å². The van der Waals surface area contributed by atoms with Crippen LogP contribution in [0.15, 0.2) is 47.1 Å². The normalized spacial score (nSPS) is 13.8. The van der Waals surface area contributed by atoms with E-state index in [1.807, 2.05) is 31.2 Å². The van der Waals surface area contributed by atoms with Crippen molar-refractivity contribution in [3.8, 4) is 5.69 Å². The highest BCUT2D eigenvalue weighted by molar-refractivity contribution is 5.40. The van der Waals surface area contributed by atoms with Crippen molar-refractivity contribution in [1.82, 2.24) is 20.2 Å². The van der Waals surface area contributed by atoms with Crippen LogP contribution in [0.4, 0.5) is 5.95 Å². The summed E-state index contributed by atoms with van der Waals surface area (Å²) in [6, 6.07) is 11.3. The molecule has 7 heteroatoms. The molecule has 0 bridgehead atoms. The van der Waals surface area contributed by atoms with Crippen LogP contribution in [0, 0.1) is 6.92 Å². The molecule has 0 saturated carbocycles. The number of aryl methyl sites for hydroxylation is 1. The lowest BCUT2D eigenvalue weighted by molar-refractivity contribution is 0.0474. The number of benzene rings is 1. The third kappa shape index (κ3) is 2.84. The standard InChI is InChI=1S/C15H17N5O2/c1-11-5-7-12(8-6-11)20-14(17-18-19-20)16-10-15(2,21)13-4-3-9-22-13/h3-9,21H,10H2,1-2H3,(H,16,17,19). The van der Waals surface area contributed by atoms with Gasteiger partial charge < -0.3 is 14.8 Å². The lowest BCUT2D eigenvalue weighted by atomic mass is 10.0. The molecular weight excluding hydrogens is 282 g/mol. The van der Waals surface area contributed by atoms with Gasteiger partial charge in [-0.2, -0.15) is 4.68 Å². The van der Waals surface area contributed by atoms with Gasteiger partial charge in [-0.3, -0.25) is 0 Å². The second-order valence-corrected chi connectivity index (χ2v) is 5.35. The summed E-state index contributed by atoms with van der Waals surface area (Å²) in [5.41, 5.74) is 0.843. The van der Waals surface area contributed by atoms with Crippen LogP contribution in [-0.4, -0.2) is 31.9 Å². The summed E-state index contributed by atoms with van der Waals surface area (Å²) in [7, 11) is 0. The van der Waals surface area contributed by atoms with Crippen molar-refractivity contribution in [3.05, 3.63) is 54.0 Å². The van der Waals surface area contributed by atoms with Crippen LogP contribution in [0.25, 0.3) is 5.69 Å². The highest BCUT2D eigenvalue weighted by Crippen LogP contribution is 2.21. The van der Waals surface area contributed by atoms with E-state index in [2.05, 4.69) is 20.8 Å². The van der Waals surface area contributed by atoms with Crippen LogP contribution in [0.5, 0.6) is 0 Å². The van der Waals surface area contributed by atoms with Crippen LogP contribution in [0.3, 0.4) is 0 Å². The van der Waals surface area contributed by atoms with E-state index in [0.717, 1.165) is 11.3 Å². The molecule has 2 heterocycles. The molecule has 0 fully saturated rings. The van der Waals surface area contributed by atoms with Gasteiger partial charge in [0.05, 0.1) is 18.5 Å². The summed E-state index contributed by atoms with van der Waals surface area (Å²) in [5, 5.41) is 25.1. The van der Waals surface area contributed by atoms with Crippen molar-refractivity contribution in [3.63, 3.8) is 0 Å². The Labute approximate surface area is 127 Å². The lowest BCUT2D eigenvalue weighted by Crippen LogP contribution is -2.31. The van der Waals surface area contributed by atoms with E-state index in [1.54, 1.807) is 23.7 Å². The summed E-state index contributed by atoms with van der Waals surface area (Å²) >= 11 is 0. The summed E-state index contributed by atoms with van der Waals surface area (Å²) in [6.07, 6.45) is 1.53. The second-order valence-electron chi connectivity index (χ2n) is 5.35. The maximum Gasteiger partial charge on any atom is 0.247 e. The van der Waals surface area contributed by atoms with Crippen LogP contribution in [0.1, 0.15) is 18.2 Å². The van der Waals surface area contributed by atoms with Crippen LogP contribution >= 0.6 is 0 Å². The highest BCUT2D eigenvalue weighted by Gasteiger charge is 2.26. The first kappa shape index (κ1) is 14.3. The number of nitrogens with zero attached hydrogens (tertiary/aromatic N) is 4. The quantitative estimate of drug-likeness (QED) is 0.748. The van der Waals surface area contributed by atoms with Crippen molar-refractivity contribution in [1.29, 1.82) is 0 Å². The number of nitrogens with one attached hydrogen (secondary N) is 1. The van der Waals surface area contributed by atoms with Crippen molar-refractivity contribution in [2.45, 2.75) is 19.4 Å². The predicted molar refractivity (Wildman–Crippen MR) is 80.7 cm³/mol. The zero-order valence-electron chi connectivity index (χ0n) is 12.4. The molecule has 7 nitrogen and oxygen atoms in total. The van der Waals surface area contributed by atoms with Gasteiger partial charge in [0.2, 0.25) is 5.95 Å². The van der Waals surface area contributed by atoms with Crippen molar-refractivity contribution < 1.29 is 9.52 Å². The van der Waals surface area contributed by atoms with E-state index < -0.39 is 5.60 Å². The van der Waals surface area contributed by atoms with Crippen LogP contribution in [-0.2, 0) is 5.60 Å². The summed E-state index contributed by atoms with van der Waals surface area (Å²) in [4.78, 5) is 0. The summed E-state index contributed by atoms with van der Waals surface area (Å²) < 4.78 is 6.83. The highest BCUT2D eigenvalue weighted by atomic mass is 16.4. The minimum Gasteiger partial charge on any atom is -0.466 e. The SMILES string of the molecule is Cc1ccc(-n2nnnc2NCC(C)(O)c2ccco2)cc1. The van der Waals surface area contributed by atoms with E-state index in [0.29, 0.717) is 11.7 Å². The largest absolute Gasteiger partial charge is 0.466 e. The third-order valence-electron chi connectivity index (χ3n) is 3.39. The van der Waals surface area contributed by atoms with Crippen LogP contribution in [0.2, 0.25) is 0 Å². The van der Waals surface area contributed by atoms with Gasteiger partial charge in [-0.05, 0) is 48.5 Å². The van der Waals surface area contributed by atoms with Gasteiger partial charge in [0, 0.05) is 0 Å². The minimum absolute atomic E-state index is 0.215. The molecule has 0 aliphatic carbocycles. The Morgan fingerprint density at radius 3 is 2.73 bits per heavy atom. The van der Waals surface area contributed by atoms with Crippen molar-refractivity contribution in [2.24, 2.45) is 0 Å². The smallest absolute Gasteiger partial charge is 0.247 e. The summed E-state index contributed by atoms with van der Waals surface area (Å²) in [6.45, 7) is 3.90. The van der Waals surface area contributed by atoms with E-state index >= 15 is 0 Å². The topological polar surface area (TPSA) is 89.0 Å². The fourth-order valence-corrected chi connectivity index (χ4v) is 2.08. The first-order chi connectivity index (χ1) is 10.6. The van der Waals surface area contributed by atoms with Gasteiger partial charge in [-0.15, -0.1) is 0 Å². The van der Waals surface area contributed by atoms with E-state index in [9.17, 15) is 5.11 Å². The molecule has 0 aliphatic heterocycles. The molecule has 22 heavy (non-hydrogen) atoms. The Morgan fingerprint density at radius 2 is 2.05 bits per heavy atom. The molecule has 0 saturated heterocycles. The van der Waals surface area contributed by atoms with Crippen molar-refractivity contribution >= 4 is 5.95 Å². The molecule has 1 unspecified atom stereocenters. The van der Waals surface area contributed by atoms with Gasteiger partial charge in [-0.1, -0.05) is 22.8 Å². The lowest BCUT2D eigenvalue weighted by Gasteiger charge is -2.21. The zero-order valence-corrected chi connectivity index (χ0v) is 12.4. The fraction of sp³-hybridized carbons (Fsp3) is 0.267. The second kappa shape index (κ2) is 5.61. The molecular formula is C15H17N5O2. The average Bonchev–Trinajstić information content (AvgIpc) is 3.18. The first-order valence-corrected chi connectivity index (χ1v) is 6.92. The van der Waals surface area contributed by atoms with Gasteiger partial charge in [-0.25, -0.2) is 0 Å². The Kier molecular flexibility index (Phi) is 3.64. The number of hydrogen-bond acceptors (Lipinski definition) is 6. The zero-order chi connectivity index (χ0) is 15.6. The van der Waals surface area contributed by atoms with Gasteiger partial charge in [0.25, 0.3) is 0 Å². The molecule has 1 aromatic carbocycles. The monoisotopic (exact) mass is 299 g/mol. The molecule has 0 amide bonds. The minimum atomic E-state index is -1.16. The number of furan rings is 1. The Bertz CT molecular complexity index is 732. The fourth-order valence-electron chi connectivity index (χ4n) is 2.08. The molecule has 0 aliphatic rings. The molecule has 2 aromatic heterocycles. The molecule has 2 N–H and O–H groups in total. The Hall–Kier alpha value is -2.67. The van der Waals surface area contributed by atoms with Crippen molar-refractivity contribution in [2.75, 3.05) is 11.9 Å². The molecule has 1 atom stereocenters. The Balaban J connectivity index is 1.77. The number of aliphatic hydroxyl groups is 1. The van der Waals surface area contributed by atoms with Crippen LogP contribution < -0.4 is 5.32 Å². The number of hydrogen-bond donors (Lipinski definition) is 2. The van der Waals surface area contributed by atoms with E-state index in [1.165, 1.54) is 6.26 Å². The third-order valence-corrected chi connectivity index (χ3v) is 3.39. The number of tetrazole rings is 1. The predicted octanol–water partition coefficient (Wildman–Crippen LogP) is 1.88. The number of aromatic nitrogens is 4. The van der Waals surface area contributed by atoms with E-state index in [-0.39, 0.29) is 6.54 Å². The maximum atomic E-state index is 10.4.